The number of hydrogen-bond acceptors (Lipinski definition) is 5. The molecule has 25 heavy (non-hydrogen) atoms. The molecule has 1 fully saturated rings. The third-order valence-corrected chi connectivity index (χ3v) is 4.73. The van der Waals surface area contributed by atoms with E-state index >= 15 is 0 Å². The van der Waals surface area contributed by atoms with Crippen LogP contribution in [0.25, 0.3) is 0 Å². The summed E-state index contributed by atoms with van der Waals surface area (Å²) < 4.78 is 5.07. The second-order valence-electron chi connectivity index (χ2n) is 5.47. The van der Waals surface area contributed by atoms with E-state index in [1.165, 1.54) is 0 Å². The van der Waals surface area contributed by atoms with E-state index in [-0.39, 0.29) is 17.1 Å². The number of methoxy groups -OCH3 is 1. The van der Waals surface area contributed by atoms with Gasteiger partial charge < -0.3 is 10.1 Å². The van der Waals surface area contributed by atoms with Crippen LogP contribution in [0.2, 0.25) is 0 Å². The first kappa shape index (κ1) is 17.0. The Bertz CT molecular complexity index is 803. The molecule has 1 aliphatic rings. The highest BCUT2D eigenvalue weighted by atomic mass is 32.2. The van der Waals surface area contributed by atoms with Crippen LogP contribution in [0, 0.1) is 0 Å². The highest BCUT2D eigenvalue weighted by Gasteiger charge is 2.31. The van der Waals surface area contributed by atoms with Crippen LogP contribution in [-0.4, -0.2) is 29.4 Å². The number of imide groups is 1. The van der Waals surface area contributed by atoms with E-state index in [4.69, 9.17) is 4.74 Å². The number of amides is 3. The van der Waals surface area contributed by atoms with Crippen molar-refractivity contribution in [1.82, 2.24) is 5.32 Å². The van der Waals surface area contributed by atoms with Crippen molar-refractivity contribution in [3.05, 3.63) is 59.7 Å². The van der Waals surface area contributed by atoms with E-state index in [0.29, 0.717) is 23.4 Å². The van der Waals surface area contributed by atoms with Crippen LogP contribution in [0.3, 0.4) is 0 Å². The largest absolute Gasteiger partial charge is 0.497 e. The fourth-order valence-electron chi connectivity index (χ4n) is 2.41. The quantitative estimate of drug-likeness (QED) is 0.861. The number of anilines is 1. The molecule has 1 saturated heterocycles. The van der Waals surface area contributed by atoms with E-state index in [0.717, 1.165) is 17.3 Å². The smallest absolute Gasteiger partial charge is 0.286 e. The summed E-state index contributed by atoms with van der Waals surface area (Å²) >= 11 is 1.00. The molecule has 128 valence electrons. The van der Waals surface area contributed by atoms with Crippen LogP contribution in [-0.2, 0) is 11.2 Å². The number of thioether (sulfide) groups is 1. The Morgan fingerprint density at radius 2 is 1.80 bits per heavy atom. The molecule has 0 aliphatic carbocycles. The molecule has 3 rings (SSSR count). The number of carbonyl (C=O) groups is 3. The third-order valence-electron chi connectivity index (χ3n) is 3.75. The standard InChI is InChI=1S/C18H16N2O4S/c1-24-14-8-4-12(5-9-14)16(21)19-13-6-2-11(3-7-13)10-15-17(22)20-18(23)25-15/h2-9,15H,10H2,1H3,(H,19,21)(H,20,22,23). The van der Waals surface area contributed by atoms with Crippen molar-refractivity contribution in [3.8, 4) is 5.75 Å². The van der Waals surface area contributed by atoms with Crippen molar-refractivity contribution in [3.63, 3.8) is 0 Å². The Morgan fingerprint density at radius 3 is 2.36 bits per heavy atom. The van der Waals surface area contributed by atoms with E-state index in [1.54, 1.807) is 43.5 Å². The van der Waals surface area contributed by atoms with Gasteiger partial charge in [-0.05, 0) is 48.4 Å². The zero-order chi connectivity index (χ0) is 17.8. The van der Waals surface area contributed by atoms with Crippen LogP contribution < -0.4 is 15.4 Å². The van der Waals surface area contributed by atoms with E-state index < -0.39 is 5.25 Å². The van der Waals surface area contributed by atoms with Gasteiger partial charge in [0.05, 0.1) is 12.4 Å². The van der Waals surface area contributed by atoms with E-state index in [2.05, 4.69) is 10.6 Å². The first-order valence-electron chi connectivity index (χ1n) is 7.61. The summed E-state index contributed by atoms with van der Waals surface area (Å²) in [6, 6.07) is 14.0. The molecule has 0 saturated carbocycles. The number of carbonyl (C=O) groups excluding carboxylic acids is 3. The van der Waals surface area contributed by atoms with Gasteiger partial charge in [-0.25, -0.2) is 0 Å². The highest BCUT2D eigenvalue weighted by Crippen LogP contribution is 2.23. The lowest BCUT2D eigenvalue weighted by atomic mass is 10.1. The molecule has 1 atom stereocenters. The van der Waals surface area contributed by atoms with Gasteiger partial charge in [0, 0.05) is 11.3 Å². The lowest BCUT2D eigenvalue weighted by Crippen LogP contribution is -2.25. The molecule has 2 N–H and O–H groups in total. The summed E-state index contributed by atoms with van der Waals surface area (Å²) in [7, 11) is 1.57. The molecule has 3 amide bonds. The van der Waals surface area contributed by atoms with Crippen LogP contribution in [0.15, 0.2) is 48.5 Å². The van der Waals surface area contributed by atoms with Gasteiger partial charge in [0.25, 0.3) is 11.1 Å². The second kappa shape index (κ2) is 7.40. The van der Waals surface area contributed by atoms with E-state index in [9.17, 15) is 14.4 Å². The van der Waals surface area contributed by atoms with Crippen molar-refractivity contribution in [2.75, 3.05) is 12.4 Å². The summed E-state index contributed by atoms with van der Waals surface area (Å²) in [5.41, 5.74) is 2.11. The van der Waals surface area contributed by atoms with Gasteiger partial charge >= 0.3 is 0 Å². The maximum Gasteiger partial charge on any atom is 0.286 e. The van der Waals surface area contributed by atoms with Gasteiger partial charge in [0.15, 0.2) is 0 Å². The van der Waals surface area contributed by atoms with Gasteiger partial charge in [0.1, 0.15) is 5.75 Å². The molecule has 1 unspecified atom stereocenters. The van der Waals surface area contributed by atoms with Crippen LogP contribution >= 0.6 is 11.8 Å². The summed E-state index contributed by atoms with van der Waals surface area (Å²) in [5.74, 6) is 0.215. The first-order valence-corrected chi connectivity index (χ1v) is 8.49. The minimum Gasteiger partial charge on any atom is -0.497 e. The minimum atomic E-state index is -0.396. The van der Waals surface area contributed by atoms with Gasteiger partial charge in [0.2, 0.25) is 5.91 Å². The average molecular weight is 356 g/mol. The Labute approximate surface area is 148 Å². The van der Waals surface area contributed by atoms with Gasteiger partial charge in [-0.3, -0.25) is 19.7 Å². The topological polar surface area (TPSA) is 84.5 Å². The summed E-state index contributed by atoms with van der Waals surface area (Å²) in [4.78, 5) is 35.0. The number of rotatable bonds is 5. The first-order chi connectivity index (χ1) is 12.0. The minimum absolute atomic E-state index is 0.216. The maximum absolute atomic E-state index is 12.2. The number of hydrogen-bond donors (Lipinski definition) is 2. The molecule has 2 aromatic carbocycles. The van der Waals surface area contributed by atoms with Gasteiger partial charge in [-0.15, -0.1) is 0 Å². The fourth-order valence-corrected chi connectivity index (χ4v) is 3.27. The summed E-state index contributed by atoms with van der Waals surface area (Å²) in [6.45, 7) is 0. The normalized spacial score (nSPS) is 16.4. The summed E-state index contributed by atoms with van der Waals surface area (Å²) in [6.07, 6.45) is 0.467. The molecule has 0 radical (unpaired) electrons. The molecular weight excluding hydrogens is 340 g/mol. The van der Waals surface area contributed by atoms with Crippen molar-refractivity contribution < 1.29 is 19.1 Å². The van der Waals surface area contributed by atoms with Gasteiger partial charge in [-0.2, -0.15) is 0 Å². The van der Waals surface area contributed by atoms with Crippen molar-refractivity contribution in [2.24, 2.45) is 0 Å². The highest BCUT2D eigenvalue weighted by molar-refractivity contribution is 8.15. The Morgan fingerprint density at radius 1 is 1.12 bits per heavy atom. The monoisotopic (exact) mass is 356 g/mol. The predicted molar refractivity (Wildman–Crippen MR) is 96.0 cm³/mol. The molecular formula is C18H16N2O4S. The molecule has 6 nitrogen and oxygen atoms in total. The predicted octanol–water partition coefficient (Wildman–Crippen LogP) is 2.84. The van der Waals surface area contributed by atoms with Crippen LogP contribution in [0.5, 0.6) is 5.75 Å². The number of nitrogens with one attached hydrogen (secondary N) is 2. The second-order valence-corrected chi connectivity index (χ2v) is 6.64. The third kappa shape index (κ3) is 4.19. The molecule has 0 aromatic heterocycles. The zero-order valence-corrected chi connectivity index (χ0v) is 14.3. The average Bonchev–Trinajstić information content (AvgIpc) is 2.94. The fraction of sp³-hybridized carbons (Fsp3) is 0.167. The SMILES string of the molecule is COc1ccc(C(=O)Nc2ccc(CC3SC(=O)NC3=O)cc2)cc1. The Hall–Kier alpha value is -2.80. The Balaban J connectivity index is 1.61. The lowest BCUT2D eigenvalue weighted by molar-refractivity contribution is -0.118. The molecule has 2 aromatic rings. The van der Waals surface area contributed by atoms with Crippen molar-refractivity contribution in [1.29, 1.82) is 0 Å². The molecule has 0 bridgehead atoms. The summed E-state index contributed by atoms with van der Waals surface area (Å²) in [5, 5.41) is 4.38. The zero-order valence-electron chi connectivity index (χ0n) is 13.4. The number of benzene rings is 2. The maximum atomic E-state index is 12.2. The molecule has 1 aliphatic heterocycles. The molecule has 7 heteroatoms. The van der Waals surface area contributed by atoms with Gasteiger partial charge in [-0.1, -0.05) is 23.9 Å². The number of ether oxygens (including phenoxy) is 1. The Kier molecular flexibility index (Phi) is 5.04. The van der Waals surface area contributed by atoms with Crippen LogP contribution in [0.4, 0.5) is 10.5 Å². The molecule has 1 heterocycles. The van der Waals surface area contributed by atoms with Crippen molar-refractivity contribution in [2.45, 2.75) is 11.7 Å². The lowest BCUT2D eigenvalue weighted by Gasteiger charge is -2.08. The van der Waals surface area contributed by atoms with Crippen molar-refractivity contribution >= 4 is 34.5 Å². The molecule has 0 spiro atoms. The van der Waals surface area contributed by atoms with E-state index in [1.807, 2.05) is 12.1 Å². The van der Waals surface area contributed by atoms with Crippen LogP contribution in [0.1, 0.15) is 15.9 Å².